The first-order valence-electron chi connectivity index (χ1n) is 9.39. The lowest BCUT2D eigenvalue weighted by molar-refractivity contribution is -0.126. The van der Waals surface area contributed by atoms with Gasteiger partial charge in [-0.25, -0.2) is 12.7 Å². The maximum absolute atomic E-state index is 12.7. The fourth-order valence-corrected chi connectivity index (χ4v) is 5.12. The van der Waals surface area contributed by atoms with Crippen LogP contribution in [0.5, 0.6) is 0 Å². The summed E-state index contributed by atoms with van der Waals surface area (Å²) in [6.07, 6.45) is 1.08. The Morgan fingerprint density at radius 2 is 1.79 bits per heavy atom. The number of sulfonamides is 1. The summed E-state index contributed by atoms with van der Waals surface area (Å²) in [5.74, 6) is -0.197. The normalized spacial score (nSPS) is 16.1. The number of hydrogen-bond donors (Lipinski definition) is 1. The lowest BCUT2D eigenvalue weighted by Gasteiger charge is -2.30. The van der Waals surface area contributed by atoms with Crippen LogP contribution in [0.25, 0.3) is 0 Å². The Morgan fingerprint density at radius 3 is 2.43 bits per heavy atom. The Balaban J connectivity index is 1.50. The highest BCUT2D eigenvalue weighted by Gasteiger charge is 2.31. The molecular weight excluding hydrogens is 396 g/mol. The monoisotopic (exact) mass is 420 g/mol. The van der Waals surface area contributed by atoms with Crippen LogP contribution in [0.15, 0.2) is 48.5 Å². The third-order valence-corrected chi connectivity index (χ3v) is 7.13. The van der Waals surface area contributed by atoms with Crippen molar-refractivity contribution in [2.75, 3.05) is 13.1 Å². The topological polar surface area (TPSA) is 66.5 Å². The van der Waals surface area contributed by atoms with Crippen LogP contribution in [0.1, 0.15) is 29.5 Å². The summed E-state index contributed by atoms with van der Waals surface area (Å²) in [5.41, 5.74) is 2.93. The number of halogens is 1. The average molecular weight is 421 g/mol. The molecule has 150 valence electrons. The van der Waals surface area contributed by atoms with E-state index in [0.717, 1.165) is 11.1 Å². The molecule has 2 aromatic carbocycles. The van der Waals surface area contributed by atoms with E-state index in [-0.39, 0.29) is 17.6 Å². The molecule has 0 bridgehead atoms. The third kappa shape index (κ3) is 5.56. The molecule has 2 aromatic rings. The highest BCUT2D eigenvalue weighted by molar-refractivity contribution is 7.88. The van der Waals surface area contributed by atoms with Crippen molar-refractivity contribution in [3.05, 3.63) is 70.2 Å². The Hall–Kier alpha value is -1.89. The summed E-state index contributed by atoms with van der Waals surface area (Å²) in [6, 6.07) is 14.9. The Kier molecular flexibility index (Phi) is 6.75. The molecule has 5 nitrogen and oxygen atoms in total. The van der Waals surface area contributed by atoms with Crippen LogP contribution in [0.2, 0.25) is 5.02 Å². The number of hydrogen-bond acceptors (Lipinski definition) is 3. The zero-order chi connectivity index (χ0) is 20.1. The van der Waals surface area contributed by atoms with Crippen molar-refractivity contribution in [1.82, 2.24) is 9.62 Å². The van der Waals surface area contributed by atoms with E-state index in [1.54, 1.807) is 24.3 Å². The minimum Gasteiger partial charge on any atom is -0.352 e. The summed E-state index contributed by atoms with van der Waals surface area (Å²) < 4.78 is 26.8. The molecule has 3 rings (SSSR count). The molecule has 1 N–H and O–H groups in total. The number of nitrogens with zero attached hydrogens (tertiary/aromatic N) is 1. The Bertz CT molecular complexity index is 921. The number of amides is 1. The molecule has 0 aromatic heterocycles. The van der Waals surface area contributed by atoms with E-state index in [1.165, 1.54) is 4.31 Å². The van der Waals surface area contributed by atoms with E-state index in [2.05, 4.69) is 5.32 Å². The fraction of sp³-hybridized carbons (Fsp3) is 0.381. The third-order valence-electron chi connectivity index (χ3n) is 5.03. The standard InChI is InChI=1S/C21H25ClN2O3S/c1-16-3-2-4-18(13-16)14-23-21(25)19-9-11-24(12-10-19)28(26,27)15-17-5-7-20(22)8-6-17/h2-8,13,19H,9-12,14-15H2,1H3,(H,23,25). The van der Waals surface area contributed by atoms with Crippen LogP contribution in [0, 0.1) is 12.8 Å². The van der Waals surface area contributed by atoms with Crippen molar-refractivity contribution in [1.29, 1.82) is 0 Å². The van der Waals surface area contributed by atoms with Crippen LogP contribution in [-0.2, 0) is 27.1 Å². The van der Waals surface area contributed by atoms with E-state index in [0.29, 0.717) is 43.1 Å². The SMILES string of the molecule is Cc1cccc(CNC(=O)C2CCN(S(=O)(=O)Cc3ccc(Cl)cc3)CC2)c1. The van der Waals surface area contributed by atoms with Gasteiger partial charge in [-0.15, -0.1) is 0 Å². The second kappa shape index (κ2) is 9.07. The van der Waals surface area contributed by atoms with Gasteiger partial charge in [-0.3, -0.25) is 4.79 Å². The summed E-state index contributed by atoms with van der Waals surface area (Å²) in [7, 11) is -3.40. The van der Waals surface area contributed by atoms with E-state index in [4.69, 9.17) is 11.6 Å². The first-order valence-corrected chi connectivity index (χ1v) is 11.4. The second-order valence-electron chi connectivity index (χ2n) is 7.26. The predicted octanol–water partition coefficient (Wildman–Crippen LogP) is 3.51. The number of piperidine rings is 1. The molecule has 0 radical (unpaired) electrons. The van der Waals surface area contributed by atoms with Crippen LogP contribution >= 0.6 is 11.6 Å². The molecule has 1 heterocycles. The average Bonchev–Trinajstić information content (AvgIpc) is 2.68. The molecule has 0 spiro atoms. The second-order valence-corrected chi connectivity index (χ2v) is 9.67. The number of benzene rings is 2. The van der Waals surface area contributed by atoms with Gasteiger partial charge in [0, 0.05) is 30.6 Å². The smallest absolute Gasteiger partial charge is 0.223 e. The van der Waals surface area contributed by atoms with E-state index in [1.807, 2.05) is 31.2 Å². The number of carbonyl (C=O) groups is 1. The van der Waals surface area contributed by atoms with E-state index < -0.39 is 10.0 Å². The molecule has 28 heavy (non-hydrogen) atoms. The van der Waals surface area contributed by atoms with Gasteiger partial charge < -0.3 is 5.32 Å². The van der Waals surface area contributed by atoms with Gasteiger partial charge in [-0.2, -0.15) is 0 Å². The quantitative estimate of drug-likeness (QED) is 0.777. The summed E-state index contributed by atoms with van der Waals surface area (Å²) in [5, 5.41) is 3.56. The zero-order valence-electron chi connectivity index (χ0n) is 15.9. The van der Waals surface area contributed by atoms with Crippen molar-refractivity contribution in [2.24, 2.45) is 5.92 Å². The van der Waals surface area contributed by atoms with Gasteiger partial charge >= 0.3 is 0 Å². The molecule has 0 atom stereocenters. The van der Waals surface area contributed by atoms with Crippen LogP contribution in [0.4, 0.5) is 0 Å². The minimum absolute atomic E-state index is 0.00347. The number of aryl methyl sites for hydroxylation is 1. The van der Waals surface area contributed by atoms with Crippen molar-refractivity contribution in [2.45, 2.75) is 32.1 Å². The largest absolute Gasteiger partial charge is 0.352 e. The molecule has 1 aliphatic rings. The maximum atomic E-state index is 12.7. The van der Waals surface area contributed by atoms with Crippen LogP contribution in [-0.4, -0.2) is 31.7 Å². The molecule has 7 heteroatoms. The van der Waals surface area contributed by atoms with Gasteiger partial charge in [0.1, 0.15) is 0 Å². The lowest BCUT2D eigenvalue weighted by atomic mass is 9.97. The molecule has 0 saturated carbocycles. The van der Waals surface area contributed by atoms with Gasteiger partial charge in [-0.1, -0.05) is 53.6 Å². The van der Waals surface area contributed by atoms with Crippen molar-refractivity contribution in [3.8, 4) is 0 Å². The first-order chi connectivity index (χ1) is 13.3. The van der Waals surface area contributed by atoms with Gasteiger partial charge in [0.2, 0.25) is 15.9 Å². The van der Waals surface area contributed by atoms with Crippen LogP contribution in [0.3, 0.4) is 0 Å². The predicted molar refractivity (Wildman–Crippen MR) is 111 cm³/mol. The van der Waals surface area contributed by atoms with Gasteiger partial charge in [0.25, 0.3) is 0 Å². The Morgan fingerprint density at radius 1 is 1.11 bits per heavy atom. The molecule has 1 amide bonds. The zero-order valence-corrected chi connectivity index (χ0v) is 17.5. The molecule has 0 aliphatic carbocycles. The Labute approximate surface area is 171 Å². The van der Waals surface area contributed by atoms with Crippen molar-refractivity contribution >= 4 is 27.5 Å². The fourth-order valence-electron chi connectivity index (χ4n) is 3.43. The first kappa shape index (κ1) is 20.8. The van der Waals surface area contributed by atoms with E-state index in [9.17, 15) is 13.2 Å². The van der Waals surface area contributed by atoms with Crippen molar-refractivity contribution < 1.29 is 13.2 Å². The van der Waals surface area contributed by atoms with Gasteiger partial charge in [-0.05, 0) is 43.0 Å². The highest BCUT2D eigenvalue weighted by atomic mass is 35.5. The molecular formula is C21H25ClN2O3S. The molecule has 1 aliphatic heterocycles. The lowest BCUT2D eigenvalue weighted by Crippen LogP contribution is -2.43. The molecule has 1 saturated heterocycles. The minimum atomic E-state index is -3.40. The molecule has 0 unspecified atom stereocenters. The van der Waals surface area contributed by atoms with Gasteiger partial charge in [0.15, 0.2) is 0 Å². The van der Waals surface area contributed by atoms with E-state index >= 15 is 0 Å². The number of rotatable bonds is 6. The maximum Gasteiger partial charge on any atom is 0.223 e. The summed E-state index contributed by atoms with van der Waals surface area (Å²) in [4.78, 5) is 12.4. The summed E-state index contributed by atoms with van der Waals surface area (Å²) >= 11 is 5.85. The number of nitrogens with one attached hydrogen (secondary N) is 1. The van der Waals surface area contributed by atoms with Crippen LogP contribution < -0.4 is 5.32 Å². The van der Waals surface area contributed by atoms with Crippen molar-refractivity contribution in [3.63, 3.8) is 0 Å². The molecule has 1 fully saturated rings. The summed E-state index contributed by atoms with van der Waals surface area (Å²) in [6.45, 7) is 3.26. The highest BCUT2D eigenvalue weighted by Crippen LogP contribution is 2.22. The van der Waals surface area contributed by atoms with Gasteiger partial charge in [0.05, 0.1) is 5.75 Å². The number of carbonyl (C=O) groups excluding carboxylic acids is 1.